The highest BCUT2D eigenvalue weighted by Gasteiger charge is 2.23. The molecular formula is C18H25NO3S. The van der Waals surface area contributed by atoms with Crippen LogP contribution < -0.4 is 14.8 Å². The number of hydrogen-bond donors (Lipinski definition) is 2. The Balaban J connectivity index is 1.93. The van der Waals surface area contributed by atoms with Crippen molar-refractivity contribution in [2.45, 2.75) is 31.9 Å². The molecule has 0 saturated heterocycles. The van der Waals surface area contributed by atoms with Crippen molar-refractivity contribution in [3.63, 3.8) is 0 Å². The fourth-order valence-electron chi connectivity index (χ4n) is 2.48. The van der Waals surface area contributed by atoms with E-state index in [1.165, 1.54) is 0 Å². The molecule has 1 aromatic heterocycles. The first-order valence-electron chi connectivity index (χ1n) is 7.65. The van der Waals surface area contributed by atoms with Crippen molar-refractivity contribution in [2.24, 2.45) is 0 Å². The zero-order valence-corrected chi connectivity index (χ0v) is 14.9. The molecule has 5 heteroatoms. The molecule has 0 amide bonds. The molecule has 0 aliphatic carbocycles. The number of benzene rings is 1. The molecule has 2 aromatic rings. The summed E-state index contributed by atoms with van der Waals surface area (Å²) in [6, 6.07) is 8.15. The van der Waals surface area contributed by atoms with Crippen LogP contribution in [0.25, 0.3) is 0 Å². The van der Waals surface area contributed by atoms with Gasteiger partial charge < -0.3 is 19.9 Å². The average Bonchev–Trinajstić information content (AvgIpc) is 3.08. The first-order chi connectivity index (χ1) is 11.0. The van der Waals surface area contributed by atoms with Crippen molar-refractivity contribution < 1.29 is 14.6 Å². The van der Waals surface area contributed by atoms with Gasteiger partial charge in [0.15, 0.2) is 11.5 Å². The Morgan fingerprint density at radius 2 is 1.96 bits per heavy atom. The molecule has 0 radical (unpaired) electrons. The van der Waals surface area contributed by atoms with Gasteiger partial charge in [-0.3, -0.25) is 0 Å². The van der Waals surface area contributed by atoms with Crippen molar-refractivity contribution in [1.82, 2.24) is 5.32 Å². The van der Waals surface area contributed by atoms with E-state index in [0.717, 1.165) is 29.0 Å². The van der Waals surface area contributed by atoms with Crippen LogP contribution in [0.5, 0.6) is 11.5 Å². The van der Waals surface area contributed by atoms with E-state index in [-0.39, 0.29) is 6.04 Å². The minimum Gasteiger partial charge on any atom is -0.493 e. The molecule has 0 spiro atoms. The lowest BCUT2D eigenvalue weighted by Crippen LogP contribution is -2.40. The van der Waals surface area contributed by atoms with Crippen molar-refractivity contribution in [2.75, 3.05) is 20.8 Å². The number of hydrogen-bond acceptors (Lipinski definition) is 5. The first kappa shape index (κ1) is 17.8. The zero-order chi connectivity index (χ0) is 16.9. The Labute approximate surface area is 142 Å². The topological polar surface area (TPSA) is 50.7 Å². The molecule has 0 saturated carbocycles. The predicted octanol–water partition coefficient (Wildman–Crippen LogP) is 3.19. The fraction of sp³-hybridized carbons (Fsp3) is 0.444. The predicted molar refractivity (Wildman–Crippen MR) is 94.6 cm³/mol. The minimum absolute atomic E-state index is 0.234. The molecule has 4 nitrogen and oxygen atoms in total. The summed E-state index contributed by atoms with van der Waals surface area (Å²) in [4.78, 5) is 0. The van der Waals surface area contributed by atoms with Gasteiger partial charge in [-0.05, 0) is 60.4 Å². The van der Waals surface area contributed by atoms with Gasteiger partial charge in [-0.2, -0.15) is 11.3 Å². The lowest BCUT2D eigenvalue weighted by Gasteiger charge is -2.25. The highest BCUT2D eigenvalue weighted by atomic mass is 32.1. The number of thiophene rings is 1. The molecule has 0 aliphatic heterocycles. The van der Waals surface area contributed by atoms with Gasteiger partial charge in [-0.1, -0.05) is 6.07 Å². The second kappa shape index (κ2) is 7.81. The highest BCUT2D eigenvalue weighted by molar-refractivity contribution is 7.08. The highest BCUT2D eigenvalue weighted by Crippen LogP contribution is 2.28. The van der Waals surface area contributed by atoms with Crippen LogP contribution in [0.3, 0.4) is 0 Å². The average molecular weight is 335 g/mol. The summed E-state index contributed by atoms with van der Waals surface area (Å²) < 4.78 is 10.6. The van der Waals surface area contributed by atoms with Crippen LogP contribution in [-0.2, 0) is 12.0 Å². The summed E-state index contributed by atoms with van der Waals surface area (Å²) in [5.41, 5.74) is 1.26. The summed E-state index contributed by atoms with van der Waals surface area (Å²) in [7, 11) is 3.27. The Morgan fingerprint density at radius 3 is 2.57 bits per heavy atom. The molecule has 2 N–H and O–H groups in total. The molecular weight excluding hydrogens is 310 g/mol. The van der Waals surface area contributed by atoms with Gasteiger partial charge in [-0.15, -0.1) is 0 Å². The van der Waals surface area contributed by atoms with Gasteiger partial charge in [-0.25, -0.2) is 0 Å². The van der Waals surface area contributed by atoms with Crippen LogP contribution in [0.1, 0.15) is 25.0 Å². The molecule has 2 rings (SSSR count). The number of methoxy groups -OCH3 is 2. The molecule has 0 bridgehead atoms. The van der Waals surface area contributed by atoms with E-state index in [0.29, 0.717) is 6.54 Å². The zero-order valence-electron chi connectivity index (χ0n) is 14.1. The van der Waals surface area contributed by atoms with E-state index < -0.39 is 5.60 Å². The molecule has 1 aromatic carbocycles. The largest absolute Gasteiger partial charge is 0.493 e. The lowest BCUT2D eigenvalue weighted by atomic mass is 9.98. The smallest absolute Gasteiger partial charge is 0.160 e. The van der Waals surface area contributed by atoms with Crippen LogP contribution >= 0.6 is 11.3 Å². The number of ether oxygens (including phenoxy) is 2. The molecule has 126 valence electrons. The summed E-state index contributed by atoms with van der Waals surface area (Å²) in [6.45, 7) is 4.46. The van der Waals surface area contributed by atoms with E-state index >= 15 is 0 Å². The van der Waals surface area contributed by atoms with Gasteiger partial charge in [0.1, 0.15) is 0 Å². The normalized spacial score (nSPS) is 15.0. The van der Waals surface area contributed by atoms with Crippen molar-refractivity contribution in [1.29, 1.82) is 0 Å². The monoisotopic (exact) mass is 335 g/mol. The maximum Gasteiger partial charge on any atom is 0.160 e. The molecule has 2 atom stereocenters. The Kier molecular flexibility index (Phi) is 6.04. The third-order valence-electron chi connectivity index (χ3n) is 3.93. The molecule has 0 aliphatic rings. The molecule has 23 heavy (non-hydrogen) atoms. The molecule has 1 heterocycles. The van der Waals surface area contributed by atoms with Crippen LogP contribution in [0.2, 0.25) is 0 Å². The van der Waals surface area contributed by atoms with Crippen LogP contribution in [0.4, 0.5) is 0 Å². The summed E-state index contributed by atoms with van der Waals surface area (Å²) in [5, 5.41) is 17.9. The number of aliphatic hydroxyl groups is 1. The second-order valence-corrected chi connectivity index (χ2v) is 6.74. The van der Waals surface area contributed by atoms with Crippen LogP contribution in [-0.4, -0.2) is 31.9 Å². The van der Waals surface area contributed by atoms with E-state index in [9.17, 15) is 5.11 Å². The summed E-state index contributed by atoms with van der Waals surface area (Å²) >= 11 is 1.60. The first-order valence-corrected chi connectivity index (χ1v) is 8.60. The Bertz CT molecular complexity index is 611. The van der Waals surface area contributed by atoms with Gasteiger partial charge in [0.2, 0.25) is 0 Å². The number of nitrogens with one attached hydrogen (secondary N) is 1. The van der Waals surface area contributed by atoms with Crippen LogP contribution in [0.15, 0.2) is 35.0 Å². The maximum absolute atomic E-state index is 10.5. The Hall–Kier alpha value is -1.56. The van der Waals surface area contributed by atoms with Gasteiger partial charge in [0.25, 0.3) is 0 Å². The van der Waals surface area contributed by atoms with Gasteiger partial charge in [0, 0.05) is 12.6 Å². The van der Waals surface area contributed by atoms with E-state index in [1.54, 1.807) is 25.6 Å². The summed E-state index contributed by atoms with van der Waals surface area (Å²) in [6.07, 6.45) is 0.847. The number of rotatable bonds is 8. The van der Waals surface area contributed by atoms with E-state index in [2.05, 4.69) is 12.2 Å². The maximum atomic E-state index is 10.5. The van der Waals surface area contributed by atoms with E-state index in [4.69, 9.17) is 9.47 Å². The minimum atomic E-state index is -0.855. The SMILES string of the molecule is COc1ccc(CC(C)NCC(C)(O)c2ccsc2)cc1OC. The quantitative estimate of drug-likeness (QED) is 0.778. The lowest BCUT2D eigenvalue weighted by molar-refractivity contribution is 0.0548. The Morgan fingerprint density at radius 1 is 1.22 bits per heavy atom. The standard InChI is InChI=1S/C18H25NO3S/c1-13(19-12-18(2,20)15-7-8-23-11-15)9-14-5-6-16(21-3)17(10-14)22-4/h5-8,10-11,13,19-20H,9,12H2,1-4H3. The molecule has 0 fully saturated rings. The van der Waals surface area contributed by atoms with Gasteiger partial charge in [0.05, 0.1) is 19.8 Å². The fourth-order valence-corrected chi connectivity index (χ4v) is 3.26. The van der Waals surface area contributed by atoms with E-state index in [1.807, 2.05) is 41.9 Å². The molecule has 2 unspecified atom stereocenters. The summed E-state index contributed by atoms with van der Waals surface area (Å²) in [5.74, 6) is 1.47. The second-order valence-electron chi connectivity index (χ2n) is 5.96. The third-order valence-corrected chi connectivity index (χ3v) is 4.61. The van der Waals surface area contributed by atoms with Crippen molar-refractivity contribution in [3.8, 4) is 11.5 Å². The van der Waals surface area contributed by atoms with Crippen LogP contribution in [0, 0.1) is 0 Å². The van der Waals surface area contributed by atoms with Crippen molar-refractivity contribution in [3.05, 3.63) is 46.2 Å². The third kappa shape index (κ3) is 4.70. The van der Waals surface area contributed by atoms with Crippen molar-refractivity contribution >= 4 is 11.3 Å². The van der Waals surface area contributed by atoms with Gasteiger partial charge >= 0.3 is 0 Å².